The van der Waals surface area contributed by atoms with E-state index >= 15 is 0 Å². The lowest BCUT2D eigenvalue weighted by Gasteiger charge is -2.19. The number of hydrogen-bond acceptors (Lipinski definition) is 6. The maximum Gasteiger partial charge on any atom is 0.250 e. The van der Waals surface area contributed by atoms with Crippen LogP contribution in [0, 0.1) is 6.92 Å². The fourth-order valence-electron chi connectivity index (χ4n) is 3.39. The first-order chi connectivity index (χ1) is 16.8. The molecule has 4 rings (SSSR count). The normalized spacial score (nSPS) is 11.7. The number of amides is 1. The Bertz CT molecular complexity index is 1310. The van der Waals surface area contributed by atoms with Gasteiger partial charge in [-0.2, -0.15) is 5.10 Å². The molecule has 0 aliphatic rings. The van der Waals surface area contributed by atoms with Crippen LogP contribution in [0.3, 0.4) is 0 Å². The van der Waals surface area contributed by atoms with Gasteiger partial charge < -0.3 is 0 Å². The lowest BCUT2D eigenvalue weighted by Crippen LogP contribution is -2.20. The molecule has 35 heavy (non-hydrogen) atoms. The van der Waals surface area contributed by atoms with Crippen LogP contribution in [0.1, 0.15) is 37.5 Å². The Morgan fingerprint density at radius 1 is 1.06 bits per heavy atom. The molecule has 1 N–H and O–H groups in total. The van der Waals surface area contributed by atoms with Crippen LogP contribution in [0.25, 0.3) is 17.1 Å². The van der Waals surface area contributed by atoms with Crippen molar-refractivity contribution in [3.8, 4) is 17.1 Å². The van der Waals surface area contributed by atoms with E-state index in [2.05, 4.69) is 82.9 Å². The minimum atomic E-state index is -0.232. The summed E-state index contributed by atoms with van der Waals surface area (Å²) in [5.74, 6) is 0.647. The maximum atomic E-state index is 12.4. The quantitative estimate of drug-likeness (QED) is 0.222. The molecule has 8 heteroatoms. The van der Waals surface area contributed by atoms with Crippen LogP contribution in [0.2, 0.25) is 0 Å². The average Bonchev–Trinajstić information content (AvgIpc) is 3.27. The number of nitrogens with zero attached hydrogens (tertiary/aromatic N) is 5. The van der Waals surface area contributed by atoms with Crippen molar-refractivity contribution >= 4 is 23.9 Å². The van der Waals surface area contributed by atoms with Gasteiger partial charge in [0, 0.05) is 29.2 Å². The van der Waals surface area contributed by atoms with E-state index in [-0.39, 0.29) is 17.1 Å². The third-order valence-corrected chi connectivity index (χ3v) is 6.28. The Balaban J connectivity index is 1.55. The molecule has 7 nitrogen and oxygen atoms in total. The topological polar surface area (TPSA) is 85.1 Å². The molecule has 0 atom stereocenters. The zero-order valence-corrected chi connectivity index (χ0v) is 21.1. The van der Waals surface area contributed by atoms with E-state index in [1.54, 1.807) is 18.6 Å². The molecule has 0 bridgehead atoms. The van der Waals surface area contributed by atoms with Crippen LogP contribution < -0.4 is 5.43 Å². The monoisotopic (exact) mass is 484 g/mol. The van der Waals surface area contributed by atoms with Crippen molar-refractivity contribution in [1.29, 1.82) is 0 Å². The Hall–Kier alpha value is -3.78. The van der Waals surface area contributed by atoms with E-state index in [0.717, 1.165) is 28.2 Å². The van der Waals surface area contributed by atoms with Crippen LogP contribution in [0.5, 0.6) is 0 Å². The Labute approximate surface area is 209 Å². The third-order valence-electron chi connectivity index (χ3n) is 5.35. The van der Waals surface area contributed by atoms with Crippen LogP contribution in [0.4, 0.5) is 0 Å². The van der Waals surface area contributed by atoms with Gasteiger partial charge in [0.15, 0.2) is 11.0 Å². The smallest absolute Gasteiger partial charge is 0.250 e. The molecule has 0 aliphatic heterocycles. The number of aromatic nitrogens is 4. The zero-order valence-electron chi connectivity index (χ0n) is 20.3. The molecular weight excluding hydrogens is 456 g/mol. The van der Waals surface area contributed by atoms with Crippen molar-refractivity contribution in [2.24, 2.45) is 5.10 Å². The van der Waals surface area contributed by atoms with Gasteiger partial charge in [-0.05, 0) is 36.1 Å². The summed E-state index contributed by atoms with van der Waals surface area (Å²) in [6.07, 6.45) is 4.91. The van der Waals surface area contributed by atoms with Gasteiger partial charge in [-0.1, -0.05) is 80.6 Å². The minimum absolute atomic E-state index is 0.0665. The van der Waals surface area contributed by atoms with E-state index < -0.39 is 0 Å². The number of pyridine rings is 1. The minimum Gasteiger partial charge on any atom is -0.272 e. The van der Waals surface area contributed by atoms with Gasteiger partial charge in [-0.3, -0.25) is 14.3 Å². The molecule has 178 valence electrons. The fourth-order valence-corrected chi connectivity index (χ4v) is 4.13. The summed E-state index contributed by atoms with van der Waals surface area (Å²) in [6, 6.07) is 20.2. The highest BCUT2D eigenvalue weighted by atomic mass is 32.2. The molecule has 4 aromatic rings. The largest absolute Gasteiger partial charge is 0.272 e. The van der Waals surface area contributed by atoms with Gasteiger partial charge in [0.25, 0.3) is 5.91 Å². The van der Waals surface area contributed by atoms with E-state index in [1.165, 1.54) is 17.3 Å². The van der Waals surface area contributed by atoms with Crippen molar-refractivity contribution in [3.05, 3.63) is 89.7 Å². The number of rotatable bonds is 7. The Morgan fingerprint density at radius 3 is 2.46 bits per heavy atom. The average molecular weight is 485 g/mol. The summed E-state index contributed by atoms with van der Waals surface area (Å²) in [4.78, 5) is 16.4. The van der Waals surface area contributed by atoms with Crippen LogP contribution in [-0.2, 0) is 10.2 Å². The van der Waals surface area contributed by atoms with Gasteiger partial charge in [0.1, 0.15) is 0 Å². The summed E-state index contributed by atoms with van der Waals surface area (Å²) in [5.41, 5.74) is 7.74. The van der Waals surface area contributed by atoms with E-state index in [9.17, 15) is 4.79 Å². The Kier molecular flexibility index (Phi) is 7.41. The number of benzene rings is 2. The highest BCUT2D eigenvalue weighted by molar-refractivity contribution is 7.99. The first-order valence-corrected chi connectivity index (χ1v) is 12.3. The molecule has 2 aromatic heterocycles. The summed E-state index contributed by atoms with van der Waals surface area (Å²) in [7, 11) is 0. The van der Waals surface area contributed by atoms with E-state index in [4.69, 9.17) is 0 Å². The molecule has 0 unspecified atom stereocenters. The number of hydrazone groups is 1. The molecular formula is C27H28N6OS. The molecule has 2 heterocycles. The van der Waals surface area contributed by atoms with Gasteiger partial charge in [-0.15, -0.1) is 10.2 Å². The molecule has 0 spiro atoms. The van der Waals surface area contributed by atoms with Gasteiger partial charge in [-0.25, -0.2) is 5.43 Å². The summed E-state index contributed by atoms with van der Waals surface area (Å²) >= 11 is 1.31. The molecule has 0 aliphatic carbocycles. The molecule has 0 fully saturated rings. The van der Waals surface area contributed by atoms with Crippen LogP contribution in [0.15, 0.2) is 83.3 Å². The number of thioether (sulfide) groups is 1. The van der Waals surface area contributed by atoms with Crippen molar-refractivity contribution < 1.29 is 4.79 Å². The van der Waals surface area contributed by atoms with Crippen LogP contribution >= 0.6 is 11.8 Å². The molecule has 1 amide bonds. The predicted octanol–water partition coefficient (Wildman–Crippen LogP) is 5.18. The standard InChI is InChI=1S/C27H28N6OS/c1-19-7-13-23(14-8-19)33-25(21-9-11-22(12-10-21)27(2,3)4)31-32-26(33)35-18-24(34)30-29-17-20-6-5-15-28-16-20/h5-17H,18H2,1-4H3,(H,30,34)/b29-17-. The SMILES string of the molecule is Cc1ccc(-n2c(SCC(=O)N/N=C\c3cccnc3)nnc2-c2ccc(C(C)(C)C)cc2)cc1. The predicted molar refractivity (Wildman–Crippen MR) is 141 cm³/mol. The fraction of sp³-hybridized carbons (Fsp3) is 0.222. The van der Waals surface area contributed by atoms with E-state index in [0.29, 0.717) is 5.16 Å². The van der Waals surface area contributed by atoms with Crippen molar-refractivity contribution in [3.63, 3.8) is 0 Å². The summed E-state index contributed by atoms with van der Waals surface area (Å²) in [6.45, 7) is 8.63. The van der Waals surface area contributed by atoms with Crippen molar-refractivity contribution in [2.75, 3.05) is 5.75 Å². The van der Waals surface area contributed by atoms with Crippen LogP contribution in [-0.4, -0.2) is 37.6 Å². The third kappa shape index (κ3) is 6.22. The zero-order chi connectivity index (χ0) is 24.8. The first-order valence-electron chi connectivity index (χ1n) is 11.3. The maximum absolute atomic E-state index is 12.4. The number of hydrogen-bond donors (Lipinski definition) is 1. The molecule has 0 radical (unpaired) electrons. The van der Waals surface area contributed by atoms with E-state index in [1.807, 2.05) is 35.8 Å². The second-order valence-electron chi connectivity index (χ2n) is 9.17. The van der Waals surface area contributed by atoms with Crippen molar-refractivity contribution in [2.45, 2.75) is 38.3 Å². The second-order valence-corrected chi connectivity index (χ2v) is 10.1. The highest BCUT2D eigenvalue weighted by Gasteiger charge is 2.19. The number of carbonyl (C=O) groups excluding carboxylic acids is 1. The molecule has 2 aromatic carbocycles. The summed E-state index contributed by atoms with van der Waals surface area (Å²) < 4.78 is 1.99. The lowest BCUT2D eigenvalue weighted by atomic mass is 9.87. The highest BCUT2D eigenvalue weighted by Crippen LogP contribution is 2.30. The van der Waals surface area contributed by atoms with Gasteiger partial charge in [0.05, 0.1) is 12.0 Å². The van der Waals surface area contributed by atoms with Gasteiger partial charge >= 0.3 is 0 Å². The molecule has 0 saturated heterocycles. The summed E-state index contributed by atoms with van der Waals surface area (Å²) in [5, 5.41) is 13.5. The number of nitrogens with one attached hydrogen (secondary N) is 1. The number of aryl methyl sites for hydroxylation is 1. The lowest BCUT2D eigenvalue weighted by molar-refractivity contribution is -0.118. The van der Waals surface area contributed by atoms with Gasteiger partial charge in [0.2, 0.25) is 0 Å². The second kappa shape index (κ2) is 10.7. The Morgan fingerprint density at radius 2 is 1.80 bits per heavy atom. The number of carbonyl (C=O) groups is 1. The molecule has 0 saturated carbocycles. The van der Waals surface area contributed by atoms with Crippen molar-refractivity contribution in [1.82, 2.24) is 25.2 Å². The first kappa shape index (κ1) is 24.3.